The first kappa shape index (κ1) is 13.2. The quantitative estimate of drug-likeness (QED) is 0.929. The zero-order valence-corrected chi connectivity index (χ0v) is 11.0. The largest absolute Gasteiger partial charge is 0.330 e. The number of hydrogen-bond donors (Lipinski definition) is 1. The normalized spacial score (nSPS) is 18.1. The summed E-state index contributed by atoms with van der Waals surface area (Å²) in [5.41, 5.74) is 6.14. The molecule has 3 rings (SSSR count). The number of rotatable bonds is 3. The molecular formula is C14H16F2N4. The van der Waals surface area contributed by atoms with Gasteiger partial charge in [0, 0.05) is 25.5 Å². The van der Waals surface area contributed by atoms with E-state index in [2.05, 4.69) is 10.2 Å². The Morgan fingerprint density at radius 2 is 2.15 bits per heavy atom. The van der Waals surface area contributed by atoms with Crippen molar-refractivity contribution in [1.29, 1.82) is 0 Å². The minimum Gasteiger partial charge on any atom is -0.330 e. The van der Waals surface area contributed by atoms with Crippen LogP contribution in [0.2, 0.25) is 0 Å². The molecule has 0 bridgehead atoms. The van der Waals surface area contributed by atoms with Crippen molar-refractivity contribution in [1.82, 2.24) is 14.8 Å². The Hall–Kier alpha value is -1.82. The Labute approximate surface area is 115 Å². The van der Waals surface area contributed by atoms with Crippen molar-refractivity contribution in [2.45, 2.75) is 25.8 Å². The minimum absolute atomic E-state index is 0.316. The topological polar surface area (TPSA) is 56.7 Å². The van der Waals surface area contributed by atoms with Gasteiger partial charge in [-0.25, -0.2) is 8.78 Å². The molecule has 2 N–H and O–H groups in total. The van der Waals surface area contributed by atoms with Gasteiger partial charge >= 0.3 is 0 Å². The van der Waals surface area contributed by atoms with Crippen LogP contribution in [0.25, 0.3) is 0 Å². The summed E-state index contributed by atoms with van der Waals surface area (Å²) in [7, 11) is 0. The molecule has 1 aliphatic heterocycles. The molecule has 2 heterocycles. The van der Waals surface area contributed by atoms with E-state index in [9.17, 15) is 8.78 Å². The lowest BCUT2D eigenvalue weighted by Crippen LogP contribution is -2.27. The summed E-state index contributed by atoms with van der Waals surface area (Å²) < 4.78 is 28.6. The zero-order valence-electron chi connectivity index (χ0n) is 11.0. The van der Waals surface area contributed by atoms with Gasteiger partial charge in [0.15, 0.2) is 0 Å². The fraction of sp³-hybridized carbons (Fsp3) is 0.429. The summed E-state index contributed by atoms with van der Waals surface area (Å²) in [6, 6.07) is 3.61. The zero-order chi connectivity index (χ0) is 14.1. The van der Waals surface area contributed by atoms with Crippen molar-refractivity contribution >= 4 is 0 Å². The maximum Gasteiger partial charge on any atom is 0.137 e. The third kappa shape index (κ3) is 2.43. The predicted molar refractivity (Wildman–Crippen MR) is 70.1 cm³/mol. The van der Waals surface area contributed by atoms with Crippen molar-refractivity contribution in [3.63, 3.8) is 0 Å². The van der Waals surface area contributed by atoms with Crippen LogP contribution in [-0.2, 0) is 19.4 Å². The van der Waals surface area contributed by atoms with Crippen LogP contribution in [0.3, 0.4) is 0 Å². The number of halogens is 2. The SMILES string of the molecule is NCC1CCc2nnc(Cc3ccc(F)cc3F)n2C1. The first-order chi connectivity index (χ1) is 9.67. The second-order valence-electron chi connectivity index (χ2n) is 5.20. The van der Waals surface area contributed by atoms with Gasteiger partial charge in [-0.2, -0.15) is 0 Å². The van der Waals surface area contributed by atoms with Crippen LogP contribution >= 0.6 is 0 Å². The fourth-order valence-electron chi connectivity index (χ4n) is 2.61. The van der Waals surface area contributed by atoms with Gasteiger partial charge < -0.3 is 10.3 Å². The summed E-state index contributed by atoms with van der Waals surface area (Å²) in [5.74, 6) is 0.928. The van der Waals surface area contributed by atoms with Crippen molar-refractivity contribution < 1.29 is 8.78 Å². The first-order valence-electron chi connectivity index (χ1n) is 6.72. The molecule has 0 saturated carbocycles. The van der Waals surface area contributed by atoms with E-state index in [0.717, 1.165) is 31.3 Å². The van der Waals surface area contributed by atoms with Gasteiger partial charge in [-0.05, 0) is 30.5 Å². The van der Waals surface area contributed by atoms with Gasteiger partial charge in [0.1, 0.15) is 23.3 Å². The highest BCUT2D eigenvalue weighted by molar-refractivity contribution is 5.22. The van der Waals surface area contributed by atoms with Crippen molar-refractivity contribution in [3.8, 4) is 0 Å². The molecule has 1 unspecified atom stereocenters. The highest BCUT2D eigenvalue weighted by atomic mass is 19.1. The lowest BCUT2D eigenvalue weighted by Gasteiger charge is -2.23. The Kier molecular flexibility index (Phi) is 3.48. The van der Waals surface area contributed by atoms with Gasteiger partial charge in [0.2, 0.25) is 0 Å². The molecular weight excluding hydrogens is 262 g/mol. The molecule has 106 valence electrons. The number of nitrogens with zero attached hydrogens (tertiary/aromatic N) is 3. The number of aryl methyl sites for hydroxylation is 1. The van der Waals surface area contributed by atoms with E-state index >= 15 is 0 Å². The van der Waals surface area contributed by atoms with E-state index in [-0.39, 0.29) is 0 Å². The highest BCUT2D eigenvalue weighted by Crippen LogP contribution is 2.21. The number of fused-ring (bicyclic) bond motifs is 1. The smallest absolute Gasteiger partial charge is 0.137 e. The fourth-order valence-corrected chi connectivity index (χ4v) is 2.61. The molecule has 0 saturated heterocycles. The maximum absolute atomic E-state index is 13.7. The average molecular weight is 278 g/mol. The van der Waals surface area contributed by atoms with Crippen molar-refractivity contribution in [3.05, 3.63) is 47.0 Å². The number of nitrogens with two attached hydrogens (primary N) is 1. The van der Waals surface area contributed by atoms with E-state index < -0.39 is 11.6 Å². The highest BCUT2D eigenvalue weighted by Gasteiger charge is 2.22. The molecule has 2 aromatic rings. The number of aromatic nitrogens is 3. The van der Waals surface area contributed by atoms with Crippen LogP contribution in [0, 0.1) is 17.6 Å². The van der Waals surface area contributed by atoms with E-state index in [4.69, 9.17) is 5.73 Å². The molecule has 1 atom stereocenters. The van der Waals surface area contributed by atoms with E-state index in [1.54, 1.807) is 0 Å². The van der Waals surface area contributed by atoms with E-state index in [1.165, 1.54) is 12.1 Å². The lowest BCUT2D eigenvalue weighted by molar-refractivity contribution is 0.367. The summed E-state index contributed by atoms with van der Waals surface area (Å²) in [5, 5.41) is 8.28. The van der Waals surface area contributed by atoms with Gasteiger partial charge in [-0.1, -0.05) is 6.07 Å². The molecule has 6 heteroatoms. The third-order valence-electron chi connectivity index (χ3n) is 3.82. The Balaban J connectivity index is 1.87. The molecule has 1 aromatic carbocycles. The van der Waals surface area contributed by atoms with Gasteiger partial charge in [-0.3, -0.25) is 0 Å². The standard InChI is InChI=1S/C14H16F2N4/c15-11-3-2-10(12(16)6-11)5-14-19-18-13-4-1-9(7-17)8-20(13)14/h2-3,6,9H,1,4-5,7-8,17H2. The van der Waals surface area contributed by atoms with Crippen LogP contribution in [0.15, 0.2) is 18.2 Å². The monoisotopic (exact) mass is 278 g/mol. The lowest BCUT2D eigenvalue weighted by atomic mass is 9.99. The molecule has 20 heavy (non-hydrogen) atoms. The van der Waals surface area contributed by atoms with Gasteiger partial charge in [0.25, 0.3) is 0 Å². The van der Waals surface area contributed by atoms with Crippen LogP contribution in [0.1, 0.15) is 23.6 Å². The second kappa shape index (κ2) is 5.28. The number of hydrogen-bond acceptors (Lipinski definition) is 3. The molecule has 0 radical (unpaired) electrons. The van der Waals surface area contributed by atoms with Gasteiger partial charge in [0.05, 0.1) is 0 Å². The van der Waals surface area contributed by atoms with E-state index in [1.807, 2.05) is 4.57 Å². The number of benzene rings is 1. The Bertz CT molecular complexity index is 624. The maximum atomic E-state index is 13.7. The Morgan fingerprint density at radius 1 is 1.30 bits per heavy atom. The first-order valence-corrected chi connectivity index (χ1v) is 6.72. The van der Waals surface area contributed by atoms with Crippen molar-refractivity contribution in [2.75, 3.05) is 6.54 Å². The summed E-state index contributed by atoms with van der Waals surface area (Å²) in [4.78, 5) is 0. The second-order valence-corrected chi connectivity index (χ2v) is 5.20. The molecule has 4 nitrogen and oxygen atoms in total. The van der Waals surface area contributed by atoms with Crippen LogP contribution in [0.4, 0.5) is 8.78 Å². The molecule has 0 fully saturated rings. The minimum atomic E-state index is -0.572. The van der Waals surface area contributed by atoms with Gasteiger partial charge in [-0.15, -0.1) is 10.2 Å². The summed E-state index contributed by atoms with van der Waals surface area (Å²) >= 11 is 0. The summed E-state index contributed by atoms with van der Waals surface area (Å²) in [6.45, 7) is 1.40. The summed E-state index contributed by atoms with van der Waals surface area (Å²) in [6.07, 6.45) is 2.18. The predicted octanol–water partition coefficient (Wildman–Crippen LogP) is 1.67. The molecule has 0 spiro atoms. The molecule has 0 amide bonds. The van der Waals surface area contributed by atoms with Crippen LogP contribution in [-0.4, -0.2) is 21.3 Å². The molecule has 1 aliphatic rings. The Morgan fingerprint density at radius 3 is 2.90 bits per heavy atom. The van der Waals surface area contributed by atoms with Crippen molar-refractivity contribution in [2.24, 2.45) is 11.7 Å². The van der Waals surface area contributed by atoms with Crippen LogP contribution in [0.5, 0.6) is 0 Å². The molecule has 0 aliphatic carbocycles. The van der Waals surface area contributed by atoms with Crippen LogP contribution < -0.4 is 5.73 Å². The average Bonchev–Trinajstić information content (AvgIpc) is 2.84. The third-order valence-corrected chi connectivity index (χ3v) is 3.82. The molecule has 1 aromatic heterocycles. The van der Waals surface area contributed by atoms with E-state index in [0.29, 0.717) is 30.3 Å².